The highest BCUT2D eigenvalue weighted by atomic mass is 19.1. The van der Waals surface area contributed by atoms with Crippen LogP contribution in [-0.2, 0) is 9.53 Å². The maximum absolute atomic E-state index is 14.6. The van der Waals surface area contributed by atoms with Gasteiger partial charge in [-0.25, -0.2) is 13.6 Å². The lowest BCUT2D eigenvalue weighted by Crippen LogP contribution is -1.99. The van der Waals surface area contributed by atoms with Crippen molar-refractivity contribution in [3.63, 3.8) is 0 Å². The quantitative estimate of drug-likeness (QED) is 0.509. The first-order valence-corrected chi connectivity index (χ1v) is 8.08. The summed E-state index contributed by atoms with van der Waals surface area (Å²) in [5.41, 5.74) is 1.33. The third-order valence-electron chi connectivity index (χ3n) is 3.82. The van der Waals surface area contributed by atoms with Crippen LogP contribution in [0.15, 0.2) is 42.6 Å². The van der Waals surface area contributed by atoms with E-state index in [0.29, 0.717) is 27.8 Å². The number of hydrogen-bond acceptors (Lipinski definition) is 3. The molecule has 0 aliphatic rings. The van der Waals surface area contributed by atoms with E-state index in [0.717, 1.165) is 0 Å². The Labute approximate surface area is 149 Å². The molecule has 0 aliphatic heterocycles. The lowest BCUT2D eigenvalue weighted by atomic mass is 10.1. The monoisotopic (exact) mass is 357 g/mol. The van der Waals surface area contributed by atoms with E-state index < -0.39 is 11.8 Å². The Hall–Kier alpha value is -3.15. The van der Waals surface area contributed by atoms with Crippen molar-refractivity contribution in [3.8, 4) is 11.5 Å². The highest BCUT2D eigenvalue weighted by Gasteiger charge is 2.16. The van der Waals surface area contributed by atoms with E-state index in [-0.39, 0.29) is 18.2 Å². The molecular formula is C20H17F2NO3. The Morgan fingerprint density at radius 1 is 1.19 bits per heavy atom. The molecule has 0 saturated heterocycles. The second-order valence-electron chi connectivity index (χ2n) is 5.64. The Kier molecular flexibility index (Phi) is 5.02. The number of fused-ring (bicyclic) bond motifs is 1. The highest BCUT2D eigenvalue weighted by Crippen LogP contribution is 2.35. The number of carbonyl (C=O) groups is 1. The number of aromatic nitrogens is 1. The topological polar surface area (TPSA) is 51.3 Å². The Morgan fingerprint density at radius 2 is 2.00 bits per heavy atom. The van der Waals surface area contributed by atoms with Gasteiger partial charge in [0.1, 0.15) is 11.6 Å². The number of aromatic amines is 1. The van der Waals surface area contributed by atoms with Gasteiger partial charge in [-0.15, -0.1) is 0 Å². The molecule has 0 fully saturated rings. The standard InChI is InChI=1S/C20H17F2NO3/c1-3-25-19(24)7-5-15-14-8-9-23-18(14)11-17(22)20(15)26-13-4-6-16(21)12(2)10-13/h4-11,23H,3H2,1-2H3/b7-5+. The highest BCUT2D eigenvalue weighted by molar-refractivity contribution is 5.96. The molecule has 3 rings (SSSR count). The fourth-order valence-corrected chi connectivity index (χ4v) is 2.59. The smallest absolute Gasteiger partial charge is 0.330 e. The van der Waals surface area contributed by atoms with Crippen LogP contribution in [0.4, 0.5) is 8.78 Å². The van der Waals surface area contributed by atoms with Crippen LogP contribution in [-0.4, -0.2) is 17.6 Å². The molecule has 3 aromatic rings. The Morgan fingerprint density at radius 3 is 2.73 bits per heavy atom. The number of nitrogens with one attached hydrogen (secondary N) is 1. The number of benzene rings is 2. The summed E-state index contributed by atoms with van der Waals surface area (Å²) in [6.45, 7) is 3.53. The van der Waals surface area contributed by atoms with Crippen LogP contribution < -0.4 is 4.74 Å². The van der Waals surface area contributed by atoms with E-state index in [1.165, 1.54) is 36.4 Å². The zero-order valence-electron chi connectivity index (χ0n) is 14.3. The predicted molar refractivity (Wildman–Crippen MR) is 95.1 cm³/mol. The summed E-state index contributed by atoms with van der Waals surface area (Å²) < 4.78 is 38.6. The van der Waals surface area contributed by atoms with Gasteiger partial charge in [-0.05, 0) is 49.8 Å². The van der Waals surface area contributed by atoms with Crippen molar-refractivity contribution in [3.05, 3.63) is 65.4 Å². The van der Waals surface area contributed by atoms with Gasteiger partial charge in [0.2, 0.25) is 0 Å². The third-order valence-corrected chi connectivity index (χ3v) is 3.82. The molecule has 0 radical (unpaired) electrons. The van der Waals surface area contributed by atoms with Gasteiger partial charge in [0, 0.05) is 34.8 Å². The number of aryl methyl sites for hydroxylation is 1. The average molecular weight is 357 g/mol. The molecule has 6 heteroatoms. The van der Waals surface area contributed by atoms with Crippen LogP contribution in [0.3, 0.4) is 0 Å². The Balaban J connectivity index is 2.07. The number of ether oxygens (including phenoxy) is 2. The first kappa shape index (κ1) is 17.7. The van der Waals surface area contributed by atoms with Gasteiger partial charge in [-0.2, -0.15) is 0 Å². The molecule has 4 nitrogen and oxygen atoms in total. The molecule has 0 unspecified atom stereocenters. The SMILES string of the molecule is CCOC(=O)/C=C/c1c(Oc2ccc(F)c(C)c2)c(F)cc2[nH]ccc12. The number of hydrogen-bond donors (Lipinski definition) is 1. The summed E-state index contributed by atoms with van der Waals surface area (Å²) in [5, 5.41) is 0.681. The molecule has 2 aromatic carbocycles. The molecule has 1 N–H and O–H groups in total. The fourth-order valence-electron chi connectivity index (χ4n) is 2.59. The third kappa shape index (κ3) is 3.59. The van der Waals surface area contributed by atoms with Gasteiger partial charge in [0.05, 0.1) is 6.61 Å². The lowest BCUT2D eigenvalue weighted by molar-refractivity contribution is -0.137. The van der Waals surface area contributed by atoms with Crippen LogP contribution in [0, 0.1) is 18.6 Å². The summed E-state index contributed by atoms with van der Waals surface area (Å²) in [6.07, 6.45) is 4.33. The largest absolute Gasteiger partial charge is 0.463 e. The van der Waals surface area contributed by atoms with Crippen molar-refractivity contribution in [1.82, 2.24) is 4.98 Å². The van der Waals surface area contributed by atoms with Gasteiger partial charge < -0.3 is 14.5 Å². The summed E-state index contributed by atoms with van der Waals surface area (Å²) in [6, 6.07) is 7.22. The first-order valence-electron chi connectivity index (χ1n) is 8.08. The van der Waals surface area contributed by atoms with Gasteiger partial charge in [0.25, 0.3) is 0 Å². The zero-order valence-corrected chi connectivity index (χ0v) is 14.3. The minimum absolute atomic E-state index is 0.0522. The number of H-pyrrole nitrogens is 1. The molecule has 0 saturated carbocycles. The zero-order chi connectivity index (χ0) is 18.7. The first-order chi connectivity index (χ1) is 12.5. The van der Waals surface area contributed by atoms with Crippen molar-refractivity contribution < 1.29 is 23.0 Å². The Bertz CT molecular complexity index is 992. The molecule has 1 heterocycles. The molecule has 0 atom stereocenters. The molecule has 0 aliphatic carbocycles. The van der Waals surface area contributed by atoms with Crippen LogP contribution in [0.5, 0.6) is 11.5 Å². The summed E-state index contributed by atoms with van der Waals surface area (Å²) >= 11 is 0. The van der Waals surface area contributed by atoms with E-state index in [4.69, 9.17) is 9.47 Å². The maximum atomic E-state index is 14.6. The van der Waals surface area contributed by atoms with Crippen molar-refractivity contribution in [2.75, 3.05) is 6.61 Å². The van der Waals surface area contributed by atoms with E-state index in [1.54, 1.807) is 26.1 Å². The van der Waals surface area contributed by atoms with Gasteiger partial charge in [-0.3, -0.25) is 0 Å². The summed E-state index contributed by atoms with van der Waals surface area (Å²) in [7, 11) is 0. The molecule has 134 valence electrons. The molecule has 0 spiro atoms. The predicted octanol–water partition coefficient (Wildman–Crippen LogP) is 5.12. The second-order valence-corrected chi connectivity index (χ2v) is 5.64. The van der Waals surface area contributed by atoms with Crippen molar-refractivity contribution in [2.24, 2.45) is 0 Å². The summed E-state index contributed by atoms with van der Waals surface area (Å²) in [4.78, 5) is 14.6. The molecule has 26 heavy (non-hydrogen) atoms. The number of halogens is 2. The fraction of sp³-hybridized carbons (Fsp3) is 0.150. The molecule has 0 bridgehead atoms. The number of rotatable bonds is 5. The van der Waals surface area contributed by atoms with Crippen molar-refractivity contribution in [1.29, 1.82) is 0 Å². The van der Waals surface area contributed by atoms with E-state index in [9.17, 15) is 13.6 Å². The second kappa shape index (κ2) is 7.39. The van der Waals surface area contributed by atoms with E-state index in [2.05, 4.69) is 4.98 Å². The van der Waals surface area contributed by atoms with E-state index >= 15 is 0 Å². The van der Waals surface area contributed by atoms with Crippen molar-refractivity contribution >= 4 is 22.9 Å². The van der Waals surface area contributed by atoms with Gasteiger partial charge in [-0.1, -0.05) is 0 Å². The van der Waals surface area contributed by atoms with E-state index in [1.807, 2.05) is 0 Å². The molecule has 0 amide bonds. The normalized spacial score (nSPS) is 11.2. The van der Waals surface area contributed by atoms with Crippen molar-refractivity contribution in [2.45, 2.75) is 13.8 Å². The lowest BCUT2D eigenvalue weighted by Gasteiger charge is -2.12. The summed E-state index contributed by atoms with van der Waals surface area (Å²) in [5.74, 6) is -1.28. The van der Waals surface area contributed by atoms with Crippen LogP contribution in [0.1, 0.15) is 18.1 Å². The molecule has 1 aromatic heterocycles. The number of carbonyl (C=O) groups excluding carboxylic acids is 1. The van der Waals surface area contributed by atoms with Crippen LogP contribution in [0.2, 0.25) is 0 Å². The molecular weight excluding hydrogens is 340 g/mol. The minimum atomic E-state index is -0.606. The average Bonchev–Trinajstić information content (AvgIpc) is 3.06. The van der Waals surface area contributed by atoms with Crippen LogP contribution >= 0.6 is 0 Å². The minimum Gasteiger partial charge on any atom is -0.463 e. The van der Waals surface area contributed by atoms with Gasteiger partial charge >= 0.3 is 5.97 Å². The maximum Gasteiger partial charge on any atom is 0.330 e. The van der Waals surface area contributed by atoms with Gasteiger partial charge in [0.15, 0.2) is 11.6 Å². The van der Waals surface area contributed by atoms with Crippen LogP contribution in [0.25, 0.3) is 17.0 Å². The number of esters is 1.